The highest BCUT2D eigenvalue weighted by atomic mass is 16.6. The van der Waals surface area contributed by atoms with E-state index in [1.165, 1.54) is 6.20 Å². The number of nitrogens with one attached hydrogen (secondary N) is 1. The van der Waals surface area contributed by atoms with Crippen molar-refractivity contribution in [3.8, 4) is 5.75 Å². The minimum atomic E-state index is -0.540. The van der Waals surface area contributed by atoms with Crippen LogP contribution in [0.5, 0.6) is 5.75 Å². The van der Waals surface area contributed by atoms with Crippen LogP contribution in [0, 0.1) is 10.1 Å². The second kappa shape index (κ2) is 6.80. The van der Waals surface area contributed by atoms with Gasteiger partial charge in [-0.05, 0) is 35.0 Å². The normalized spacial score (nSPS) is 10.5. The Morgan fingerprint density at radius 2 is 2.35 bits per heavy atom. The fourth-order valence-corrected chi connectivity index (χ4v) is 1.28. The molecule has 0 bridgehead atoms. The maximum Gasteiger partial charge on any atom is 0.406 e. The van der Waals surface area contributed by atoms with Gasteiger partial charge in [-0.3, -0.25) is 0 Å². The third-order valence-corrected chi connectivity index (χ3v) is 2.06. The molecule has 1 rings (SSSR count). The summed E-state index contributed by atoms with van der Waals surface area (Å²) < 4.78 is 5.34. The smallest absolute Gasteiger partial charge is 0.406 e. The van der Waals surface area contributed by atoms with Crippen molar-refractivity contribution in [2.75, 3.05) is 13.2 Å². The maximum atomic E-state index is 10.7. The van der Waals surface area contributed by atoms with E-state index in [0.29, 0.717) is 12.6 Å². The Hall–Kier alpha value is -1.69. The Kier molecular flexibility index (Phi) is 5.35. The quantitative estimate of drug-likeness (QED) is 0.445. The van der Waals surface area contributed by atoms with Crippen LogP contribution in [0.1, 0.15) is 20.3 Å². The number of hydrogen-bond donors (Lipinski definition) is 1. The third kappa shape index (κ3) is 4.78. The highest BCUT2D eigenvalue weighted by Gasteiger charge is 2.14. The first kappa shape index (κ1) is 13.4. The first-order valence-electron chi connectivity index (χ1n) is 5.57. The van der Waals surface area contributed by atoms with Gasteiger partial charge in [0.25, 0.3) is 0 Å². The number of hydrogen-bond acceptors (Lipinski definition) is 5. The van der Waals surface area contributed by atoms with Crippen molar-refractivity contribution in [1.29, 1.82) is 0 Å². The molecular weight excluding hydrogens is 222 g/mol. The van der Waals surface area contributed by atoms with Crippen LogP contribution in [0.3, 0.4) is 0 Å². The fourth-order valence-electron chi connectivity index (χ4n) is 1.28. The van der Waals surface area contributed by atoms with Gasteiger partial charge in [0.2, 0.25) is 5.75 Å². The third-order valence-electron chi connectivity index (χ3n) is 2.06. The standard InChI is InChI=1S/C11H17N3O3/c1-9(2)12-7-4-8-17-10-5-3-6-13-11(10)14(15)16/h3,5-6,9,12H,4,7-8H2,1-2H3. The van der Waals surface area contributed by atoms with Crippen LogP contribution in [-0.2, 0) is 0 Å². The Balaban J connectivity index is 2.39. The van der Waals surface area contributed by atoms with Crippen molar-refractivity contribution in [2.45, 2.75) is 26.3 Å². The summed E-state index contributed by atoms with van der Waals surface area (Å²) in [5, 5.41) is 13.9. The van der Waals surface area contributed by atoms with Crippen LogP contribution in [0.4, 0.5) is 5.82 Å². The largest absolute Gasteiger partial charge is 0.486 e. The van der Waals surface area contributed by atoms with Gasteiger partial charge in [0.1, 0.15) is 6.20 Å². The van der Waals surface area contributed by atoms with Gasteiger partial charge >= 0.3 is 5.82 Å². The zero-order valence-electron chi connectivity index (χ0n) is 10.0. The van der Waals surface area contributed by atoms with Gasteiger partial charge in [0.05, 0.1) is 6.61 Å². The van der Waals surface area contributed by atoms with E-state index in [-0.39, 0.29) is 11.6 Å². The number of ether oxygens (including phenoxy) is 1. The lowest BCUT2D eigenvalue weighted by atomic mass is 10.3. The van der Waals surface area contributed by atoms with E-state index in [1.807, 2.05) is 0 Å². The van der Waals surface area contributed by atoms with Crippen LogP contribution in [0.2, 0.25) is 0 Å². The van der Waals surface area contributed by atoms with Gasteiger partial charge in [-0.1, -0.05) is 13.8 Å². The fraction of sp³-hybridized carbons (Fsp3) is 0.545. The molecule has 0 amide bonds. The van der Waals surface area contributed by atoms with Crippen molar-refractivity contribution in [2.24, 2.45) is 0 Å². The molecule has 0 aliphatic heterocycles. The van der Waals surface area contributed by atoms with E-state index in [9.17, 15) is 10.1 Å². The highest BCUT2D eigenvalue weighted by molar-refractivity contribution is 5.38. The minimum Gasteiger partial charge on any atom is -0.486 e. The number of nitrogens with zero attached hydrogens (tertiary/aromatic N) is 2. The van der Waals surface area contributed by atoms with Crippen LogP contribution in [-0.4, -0.2) is 29.1 Å². The summed E-state index contributed by atoms with van der Waals surface area (Å²) in [6.45, 7) is 5.39. The predicted molar refractivity (Wildman–Crippen MR) is 64.1 cm³/mol. The first-order chi connectivity index (χ1) is 8.11. The molecule has 17 heavy (non-hydrogen) atoms. The molecule has 0 saturated carbocycles. The monoisotopic (exact) mass is 239 g/mol. The summed E-state index contributed by atoms with van der Waals surface area (Å²) in [7, 11) is 0. The van der Waals surface area contributed by atoms with E-state index in [4.69, 9.17) is 4.74 Å². The number of pyridine rings is 1. The number of rotatable bonds is 7. The molecule has 1 aromatic rings. The van der Waals surface area contributed by atoms with E-state index in [2.05, 4.69) is 24.1 Å². The maximum absolute atomic E-state index is 10.7. The van der Waals surface area contributed by atoms with E-state index in [0.717, 1.165) is 13.0 Å². The molecule has 0 aliphatic rings. The molecule has 94 valence electrons. The Morgan fingerprint density at radius 3 is 3.00 bits per heavy atom. The number of aromatic nitrogens is 1. The molecule has 0 aromatic carbocycles. The zero-order valence-corrected chi connectivity index (χ0v) is 10.0. The van der Waals surface area contributed by atoms with E-state index < -0.39 is 4.92 Å². The Morgan fingerprint density at radius 1 is 1.59 bits per heavy atom. The minimum absolute atomic E-state index is 0.224. The van der Waals surface area contributed by atoms with Crippen molar-refractivity contribution >= 4 is 5.82 Å². The molecule has 6 heteroatoms. The van der Waals surface area contributed by atoms with Gasteiger partial charge in [0, 0.05) is 6.04 Å². The van der Waals surface area contributed by atoms with Crippen LogP contribution < -0.4 is 10.1 Å². The summed E-state index contributed by atoms with van der Waals surface area (Å²) in [6, 6.07) is 3.61. The van der Waals surface area contributed by atoms with E-state index >= 15 is 0 Å². The summed E-state index contributed by atoms with van der Waals surface area (Å²) in [5.74, 6) is -0.00799. The molecular formula is C11H17N3O3. The van der Waals surface area contributed by atoms with Crippen molar-refractivity contribution < 1.29 is 9.66 Å². The second-order valence-corrected chi connectivity index (χ2v) is 3.89. The van der Waals surface area contributed by atoms with Crippen LogP contribution >= 0.6 is 0 Å². The lowest BCUT2D eigenvalue weighted by Crippen LogP contribution is -2.24. The SMILES string of the molecule is CC(C)NCCCOc1cccnc1[N+](=O)[O-]. The predicted octanol–water partition coefficient (Wildman–Crippen LogP) is 1.76. The molecule has 0 spiro atoms. The second-order valence-electron chi connectivity index (χ2n) is 3.89. The average molecular weight is 239 g/mol. The van der Waals surface area contributed by atoms with Gasteiger partial charge in [0.15, 0.2) is 0 Å². The molecule has 0 aliphatic carbocycles. The summed E-state index contributed by atoms with van der Waals surface area (Å²) in [4.78, 5) is 13.8. The van der Waals surface area contributed by atoms with Gasteiger partial charge < -0.3 is 20.2 Å². The molecule has 0 saturated heterocycles. The van der Waals surface area contributed by atoms with Crippen LogP contribution in [0.15, 0.2) is 18.3 Å². The molecule has 0 fully saturated rings. The van der Waals surface area contributed by atoms with Crippen LogP contribution in [0.25, 0.3) is 0 Å². The molecule has 0 atom stereocenters. The summed E-state index contributed by atoms with van der Waals surface area (Å²) in [6.07, 6.45) is 2.18. The molecule has 1 N–H and O–H groups in total. The van der Waals surface area contributed by atoms with Gasteiger partial charge in [-0.15, -0.1) is 0 Å². The molecule has 0 unspecified atom stereocenters. The van der Waals surface area contributed by atoms with Crippen molar-refractivity contribution in [1.82, 2.24) is 10.3 Å². The highest BCUT2D eigenvalue weighted by Crippen LogP contribution is 2.22. The summed E-state index contributed by atoms with van der Waals surface area (Å²) >= 11 is 0. The Bertz CT molecular complexity index is 369. The summed E-state index contributed by atoms with van der Waals surface area (Å²) in [5.41, 5.74) is 0. The molecule has 6 nitrogen and oxygen atoms in total. The first-order valence-corrected chi connectivity index (χ1v) is 5.57. The van der Waals surface area contributed by atoms with E-state index in [1.54, 1.807) is 12.1 Å². The zero-order chi connectivity index (χ0) is 12.7. The lowest BCUT2D eigenvalue weighted by Gasteiger charge is -2.08. The topological polar surface area (TPSA) is 77.3 Å². The van der Waals surface area contributed by atoms with Crippen molar-refractivity contribution in [3.63, 3.8) is 0 Å². The molecule has 1 heterocycles. The average Bonchev–Trinajstić information content (AvgIpc) is 2.28. The van der Waals surface area contributed by atoms with Gasteiger partial charge in [-0.25, -0.2) is 0 Å². The molecule has 0 radical (unpaired) electrons. The Labute approximate surface area is 100 Å². The van der Waals surface area contributed by atoms with Gasteiger partial charge in [-0.2, -0.15) is 0 Å². The van der Waals surface area contributed by atoms with Crippen molar-refractivity contribution in [3.05, 3.63) is 28.4 Å². The lowest BCUT2D eigenvalue weighted by molar-refractivity contribution is -0.390. The molecule has 1 aromatic heterocycles. The number of nitro groups is 1.